The lowest BCUT2D eigenvalue weighted by atomic mass is 10.0. The normalized spacial score (nSPS) is 10.2. The highest BCUT2D eigenvalue weighted by atomic mass is 79.9. The molecular weight excluding hydrogens is 320 g/mol. The molecule has 2 aromatic rings. The molecule has 0 amide bonds. The van der Waals surface area contributed by atoms with Crippen molar-refractivity contribution in [3.8, 4) is 0 Å². The van der Waals surface area contributed by atoms with Crippen molar-refractivity contribution in [1.82, 2.24) is 0 Å². The predicted octanol–water partition coefficient (Wildman–Crippen LogP) is 3.89. The van der Waals surface area contributed by atoms with E-state index in [9.17, 15) is 0 Å². The lowest BCUT2D eigenvalue weighted by Crippen LogP contribution is -2.20. The number of benzene rings is 2. The zero-order valence-electron chi connectivity index (χ0n) is 10.4. The number of anilines is 1. The van der Waals surface area contributed by atoms with Gasteiger partial charge in [0.25, 0.3) is 0 Å². The summed E-state index contributed by atoms with van der Waals surface area (Å²) in [7, 11) is 0. The van der Waals surface area contributed by atoms with Crippen LogP contribution >= 0.6 is 28.1 Å². The maximum Gasteiger partial charge on any atom is 0.168 e. The van der Waals surface area contributed by atoms with Gasteiger partial charge in [0.1, 0.15) is 0 Å². The smallest absolute Gasteiger partial charge is 0.168 e. The minimum atomic E-state index is 0.291. The standard InChI is InChI=1S/C15H15BrN2S/c16-13-7-4-8-14(18-15(17)19)12(13)10-9-11-5-2-1-3-6-11/h1-8H,9-10H2,(H3,17,18,19). The second kappa shape index (κ2) is 6.68. The SMILES string of the molecule is NC(=S)Nc1cccc(Br)c1CCc1ccccc1. The molecule has 0 aliphatic carbocycles. The number of aryl methyl sites for hydroxylation is 1. The summed E-state index contributed by atoms with van der Waals surface area (Å²) in [6, 6.07) is 16.4. The largest absolute Gasteiger partial charge is 0.376 e. The molecule has 98 valence electrons. The molecular formula is C15H15BrN2S. The van der Waals surface area contributed by atoms with E-state index in [0.29, 0.717) is 5.11 Å². The molecule has 0 aliphatic heterocycles. The van der Waals surface area contributed by atoms with E-state index in [-0.39, 0.29) is 0 Å². The molecule has 0 bridgehead atoms. The van der Waals surface area contributed by atoms with Crippen LogP contribution < -0.4 is 11.1 Å². The van der Waals surface area contributed by atoms with Crippen molar-refractivity contribution >= 4 is 38.9 Å². The summed E-state index contributed by atoms with van der Waals surface area (Å²) >= 11 is 8.50. The molecule has 0 spiro atoms. The van der Waals surface area contributed by atoms with Crippen molar-refractivity contribution in [2.45, 2.75) is 12.8 Å². The Bertz CT molecular complexity index is 570. The molecule has 0 saturated heterocycles. The Morgan fingerprint density at radius 1 is 1.05 bits per heavy atom. The summed E-state index contributed by atoms with van der Waals surface area (Å²) in [6.45, 7) is 0. The van der Waals surface area contributed by atoms with E-state index < -0.39 is 0 Å². The van der Waals surface area contributed by atoms with Crippen LogP contribution in [0.3, 0.4) is 0 Å². The van der Waals surface area contributed by atoms with Crippen molar-refractivity contribution in [3.05, 3.63) is 64.1 Å². The van der Waals surface area contributed by atoms with Gasteiger partial charge in [0.2, 0.25) is 0 Å². The zero-order valence-corrected chi connectivity index (χ0v) is 12.8. The minimum Gasteiger partial charge on any atom is -0.376 e. The molecule has 19 heavy (non-hydrogen) atoms. The Kier molecular flexibility index (Phi) is 4.93. The second-order valence-corrected chi connectivity index (χ2v) is 5.53. The van der Waals surface area contributed by atoms with Gasteiger partial charge in [-0.2, -0.15) is 0 Å². The summed E-state index contributed by atoms with van der Waals surface area (Å²) in [5.74, 6) is 0. The van der Waals surface area contributed by atoms with Crippen LogP contribution in [0.25, 0.3) is 0 Å². The van der Waals surface area contributed by atoms with Crippen molar-refractivity contribution in [2.24, 2.45) is 5.73 Å². The molecule has 2 rings (SSSR count). The predicted molar refractivity (Wildman–Crippen MR) is 88.4 cm³/mol. The number of hydrogen-bond acceptors (Lipinski definition) is 1. The number of halogens is 1. The van der Waals surface area contributed by atoms with E-state index in [0.717, 1.165) is 23.0 Å². The fourth-order valence-corrected chi connectivity index (χ4v) is 2.65. The van der Waals surface area contributed by atoms with Crippen molar-refractivity contribution < 1.29 is 0 Å². The lowest BCUT2D eigenvalue weighted by Gasteiger charge is -2.12. The molecule has 0 radical (unpaired) electrons. The van der Waals surface area contributed by atoms with Crippen LogP contribution in [0.2, 0.25) is 0 Å². The highest BCUT2D eigenvalue weighted by molar-refractivity contribution is 9.10. The van der Waals surface area contributed by atoms with Gasteiger partial charge in [0.15, 0.2) is 5.11 Å². The first-order valence-electron chi connectivity index (χ1n) is 6.04. The quantitative estimate of drug-likeness (QED) is 0.833. The number of rotatable bonds is 4. The Hall–Kier alpha value is -1.39. The van der Waals surface area contributed by atoms with Crippen LogP contribution in [0.5, 0.6) is 0 Å². The third-order valence-corrected chi connectivity index (χ3v) is 3.73. The highest BCUT2D eigenvalue weighted by Crippen LogP contribution is 2.26. The molecule has 2 nitrogen and oxygen atoms in total. The van der Waals surface area contributed by atoms with E-state index in [1.54, 1.807) is 0 Å². The third-order valence-electron chi connectivity index (χ3n) is 2.88. The van der Waals surface area contributed by atoms with Crippen LogP contribution in [0.15, 0.2) is 53.0 Å². The highest BCUT2D eigenvalue weighted by Gasteiger charge is 2.07. The fraction of sp³-hybridized carbons (Fsp3) is 0.133. The van der Waals surface area contributed by atoms with E-state index in [1.807, 2.05) is 24.3 Å². The second-order valence-electron chi connectivity index (χ2n) is 4.24. The Labute approximate surface area is 127 Å². The summed E-state index contributed by atoms with van der Waals surface area (Å²) < 4.78 is 1.07. The summed E-state index contributed by atoms with van der Waals surface area (Å²) in [5, 5.41) is 3.32. The molecule has 0 atom stereocenters. The molecule has 2 aromatic carbocycles. The van der Waals surface area contributed by atoms with Crippen LogP contribution in [-0.2, 0) is 12.8 Å². The Morgan fingerprint density at radius 2 is 1.79 bits per heavy atom. The van der Waals surface area contributed by atoms with Crippen molar-refractivity contribution in [3.63, 3.8) is 0 Å². The molecule has 0 heterocycles. The zero-order chi connectivity index (χ0) is 13.7. The van der Waals surface area contributed by atoms with Gasteiger partial charge in [0, 0.05) is 10.2 Å². The van der Waals surface area contributed by atoms with Crippen LogP contribution in [0.1, 0.15) is 11.1 Å². The first-order chi connectivity index (χ1) is 9.16. The van der Waals surface area contributed by atoms with Gasteiger partial charge in [-0.25, -0.2) is 0 Å². The van der Waals surface area contributed by atoms with Gasteiger partial charge in [-0.05, 0) is 48.3 Å². The van der Waals surface area contributed by atoms with Gasteiger partial charge < -0.3 is 11.1 Å². The molecule has 0 aliphatic rings. The summed E-state index contributed by atoms with van der Waals surface area (Å²) in [6.07, 6.45) is 1.91. The molecule has 0 aromatic heterocycles. The van der Waals surface area contributed by atoms with E-state index in [4.69, 9.17) is 18.0 Å². The third kappa shape index (κ3) is 4.04. The van der Waals surface area contributed by atoms with Gasteiger partial charge >= 0.3 is 0 Å². The molecule has 3 N–H and O–H groups in total. The molecule has 0 unspecified atom stereocenters. The summed E-state index contributed by atoms with van der Waals surface area (Å²) in [5.41, 5.74) is 9.04. The van der Waals surface area contributed by atoms with Gasteiger partial charge in [-0.1, -0.05) is 52.3 Å². The van der Waals surface area contributed by atoms with Crippen LogP contribution in [0.4, 0.5) is 5.69 Å². The number of nitrogens with two attached hydrogens (primary N) is 1. The lowest BCUT2D eigenvalue weighted by molar-refractivity contribution is 0.957. The average Bonchev–Trinajstić information content (AvgIpc) is 2.38. The van der Waals surface area contributed by atoms with Gasteiger partial charge in [-0.3, -0.25) is 0 Å². The molecule has 0 fully saturated rings. The Morgan fingerprint density at radius 3 is 2.47 bits per heavy atom. The fourth-order valence-electron chi connectivity index (χ4n) is 1.98. The van der Waals surface area contributed by atoms with Crippen molar-refractivity contribution in [1.29, 1.82) is 0 Å². The average molecular weight is 335 g/mol. The molecule has 4 heteroatoms. The monoisotopic (exact) mass is 334 g/mol. The van der Waals surface area contributed by atoms with E-state index in [2.05, 4.69) is 45.5 Å². The topological polar surface area (TPSA) is 38.0 Å². The molecule has 0 saturated carbocycles. The number of hydrogen-bond donors (Lipinski definition) is 2. The van der Waals surface area contributed by atoms with E-state index >= 15 is 0 Å². The number of nitrogens with one attached hydrogen (secondary N) is 1. The number of thiocarbonyl (C=S) groups is 1. The van der Waals surface area contributed by atoms with Crippen LogP contribution in [0, 0.1) is 0 Å². The Balaban J connectivity index is 2.17. The maximum absolute atomic E-state index is 5.56. The van der Waals surface area contributed by atoms with Gasteiger partial charge in [-0.15, -0.1) is 0 Å². The maximum atomic E-state index is 5.56. The first-order valence-corrected chi connectivity index (χ1v) is 7.24. The summed E-state index contributed by atoms with van der Waals surface area (Å²) in [4.78, 5) is 0. The van der Waals surface area contributed by atoms with Crippen molar-refractivity contribution in [2.75, 3.05) is 5.32 Å². The van der Waals surface area contributed by atoms with E-state index in [1.165, 1.54) is 11.1 Å². The van der Waals surface area contributed by atoms with Crippen LogP contribution in [-0.4, -0.2) is 5.11 Å². The van der Waals surface area contributed by atoms with Gasteiger partial charge in [0.05, 0.1) is 0 Å². The minimum absolute atomic E-state index is 0.291. The first kappa shape index (κ1) is 14.0.